The zero-order valence-corrected chi connectivity index (χ0v) is 14.9. The highest BCUT2D eigenvalue weighted by Crippen LogP contribution is 2.17. The van der Waals surface area contributed by atoms with Crippen LogP contribution in [0.3, 0.4) is 0 Å². The standard InChI is InChI=1S/C19H23N3O4/c1-2-3-11-22(14-15-7-5-12-24-15)18(23)10-4-9-17-20-19(21-26-17)16-8-6-13-25-16/h5-8,12-13H,2-4,9-11,14H2,1H3. The van der Waals surface area contributed by atoms with Crippen molar-refractivity contribution in [1.82, 2.24) is 15.0 Å². The first kappa shape index (κ1) is 18.0. The van der Waals surface area contributed by atoms with Crippen molar-refractivity contribution in [1.29, 1.82) is 0 Å². The van der Waals surface area contributed by atoms with Crippen LogP contribution in [-0.2, 0) is 17.8 Å². The number of rotatable bonds is 10. The second-order valence-corrected chi connectivity index (χ2v) is 6.09. The smallest absolute Gasteiger partial charge is 0.238 e. The van der Waals surface area contributed by atoms with Crippen molar-refractivity contribution < 1.29 is 18.2 Å². The van der Waals surface area contributed by atoms with Crippen LogP contribution in [0, 0.1) is 0 Å². The molecule has 138 valence electrons. The molecule has 0 bridgehead atoms. The molecule has 0 aromatic carbocycles. The van der Waals surface area contributed by atoms with E-state index in [0.717, 1.165) is 25.1 Å². The van der Waals surface area contributed by atoms with Crippen molar-refractivity contribution >= 4 is 5.91 Å². The van der Waals surface area contributed by atoms with Crippen molar-refractivity contribution in [2.75, 3.05) is 6.54 Å². The van der Waals surface area contributed by atoms with Gasteiger partial charge in [0, 0.05) is 19.4 Å². The highest BCUT2D eigenvalue weighted by atomic mass is 16.5. The summed E-state index contributed by atoms with van der Waals surface area (Å²) in [6.07, 6.45) is 6.85. The number of carbonyl (C=O) groups is 1. The van der Waals surface area contributed by atoms with Gasteiger partial charge in [-0.2, -0.15) is 4.98 Å². The van der Waals surface area contributed by atoms with E-state index in [1.54, 1.807) is 24.7 Å². The number of nitrogens with zero attached hydrogens (tertiary/aromatic N) is 3. The first-order valence-corrected chi connectivity index (χ1v) is 8.93. The molecule has 7 heteroatoms. The highest BCUT2D eigenvalue weighted by molar-refractivity contribution is 5.76. The Balaban J connectivity index is 1.49. The van der Waals surface area contributed by atoms with Crippen LogP contribution in [0.2, 0.25) is 0 Å². The second-order valence-electron chi connectivity index (χ2n) is 6.09. The quantitative estimate of drug-likeness (QED) is 0.543. The van der Waals surface area contributed by atoms with Crippen LogP contribution in [0.25, 0.3) is 11.6 Å². The van der Waals surface area contributed by atoms with Crippen molar-refractivity contribution in [3.8, 4) is 11.6 Å². The molecule has 0 fully saturated rings. The predicted molar refractivity (Wildman–Crippen MR) is 94.0 cm³/mol. The van der Waals surface area contributed by atoms with Gasteiger partial charge in [-0.15, -0.1) is 0 Å². The minimum absolute atomic E-state index is 0.112. The average molecular weight is 357 g/mol. The summed E-state index contributed by atoms with van der Waals surface area (Å²) in [6.45, 7) is 3.36. The zero-order valence-electron chi connectivity index (χ0n) is 14.9. The van der Waals surface area contributed by atoms with Gasteiger partial charge in [0.1, 0.15) is 5.76 Å². The Morgan fingerprint density at radius 1 is 1.15 bits per heavy atom. The molecular formula is C19H23N3O4. The molecule has 0 aliphatic carbocycles. The summed E-state index contributed by atoms with van der Waals surface area (Å²) in [4.78, 5) is 18.7. The number of amides is 1. The Bertz CT molecular complexity index is 778. The number of unbranched alkanes of at least 4 members (excludes halogenated alkanes) is 1. The van der Waals surface area contributed by atoms with Gasteiger partial charge in [0.15, 0.2) is 5.76 Å². The van der Waals surface area contributed by atoms with Crippen molar-refractivity contribution in [2.45, 2.75) is 45.6 Å². The lowest BCUT2D eigenvalue weighted by Crippen LogP contribution is -2.31. The van der Waals surface area contributed by atoms with Crippen molar-refractivity contribution in [2.24, 2.45) is 0 Å². The topological polar surface area (TPSA) is 85.5 Å². The number of furan rings is 2. The summed E-state index contributed by atoms with van der Waals surface area (Å²) < 4.78 is 15.8. The SMILES string of the molecule is CCCCN(Cc1ccco1)C(=O)CCCc1nc(-c2ccco2)no1. The van der Waals surface area contributed by atoms with Crippen LogP contribution in [0.15, 0.2) is 50.1 Å². The monoisotopic (exact) mass is 357 g/mol. The van der Waals surface area contributed by atoms with E-state index in [1.165, 1.54) is 0 Å². The highest BCUT2D eigenvalue weighted by Gasteiger charge is 2.16. The van der Waals surface area contributed by atoms with Gasteiger partial charge in [-0.05, 0) is 37.1 Å². The first-order valence-electron chi connectivity index (χ1n) is 8.93. The van der Waals surface area contributed by atoms with E-state index >= 15 is 0 Å². The molecule has 26 heavy (non-hydrogen) atoms. The van der Waals surface area contributed by atoms with Crippen LogP contribution in [0.1, 0.15) is 44.3 Å². The fraction of sp³-hybridized carbons (Fsp3) is 0.421. The normalized spacial score (nSPS) is 11.0. The van der Waals surface area contributed by atoms with Gasteiger partial charge in [-0.1, -0.05) is 18.5 Å². The molecule has 3 aromatic heterocycles. The summed E-state index contributed by atoms with van der Waals surface area (Å²) in [5.41, 5.74) is 0. The Hall–Kier alpha value is -2.83. The number of aromatic nitrogens is 2. The number of hydrogen-bond acceptors (Lipinski definition) is 6. The molecule has 0 aliphatic heterocycles. The van der Waals surface area contributed by atoms with Crippen LogP contribution in [0.5, 0.6) is 0 Å². The van der Waals surface area contributed by atoms with Crippen LogP contribution >= 0.6 is 0 Å². The fourth-order valence-corrected chi connectivity index (χ4v) is 2.64. The molecule has 0 spiro atoms. The van der Waals surface area contributed by atoms with E-state index in [4.69, 9.17) is 13.4 Å². The van der Waals surface area contributed by atoms with Crippen molar-refractivity contribution in [3.05, 3.63) is 48.4 Å². The summed E-state index contributed by atoms with van der Waals surface area (Å²) in [5.74, 6) is 2.42. The largest absolute Gasteiger partial charge is 0.467 e. The summed E-state index contributed by atoms with van der Waals surface area (Å²) in [5, 5.41) is 3.89. The molecule has 0 atom stereocenters. The van der Waals surface area contributed by atoms with E-state index in [9.17, 15) is 4.79 Å². The Morgan fingerprint density at radius 2 is 2.00 bits per heavy atom. The molecular weight excluding hydrogens is 334 g/mol. The third kappa shape index (κ3) is 4.84. The second kappa shape index (κ2) is 9.03. The van der Waals surface area contributed by atoms with E-state index in [0.29, 0.717) is 43.3 Å². The minimum atomic E-state index is 0.112. The van der Waals surface area contributed by atoms with E-state index in [2.05, 4.69) is 17.1 Å². The predicted octanol–water partition coefficient (Wildman–Crippen LogP) is 4.07. The zero-order chi connectivity index (χ0) is 18.2. The molecule has 3 aromatic rings. The number of hydrogen-bond donors (Lipinski definition) is 0. The van der Waals surface area contributed by atoms with Gasteiger partial charge in [0.25, 0.3) is 0 Å². The molecule has 3 heterocycles. The first-order chi connectivity index (χ1) is 12.8. The third-order valence-corrected chi connectivity index (χ3v) is 4.05. The lowest BCUT2D eigenvalue weighted by atomic mass is 10.2. The lowest BCUT2D eigenvalue weighted by molar-refractivity contribution is -0.132. The molecule has 1 amide bonds. The van der Waals surface area contributed by atoms with E-state index in [1.807, 2.05) is 17.0 Å². The molecule has 3 rings (SSSR count). The third-order valence-electron chi connectivity index (χ3n) is 4.05. The van der Waals surface area contributed by atoms with Crippen molar-refractivity contribution in [3.63, 3.8) is 0 Å². The van der Waals surface area contributed by atoms with Gasteiger partial charge in [-0.25, -0.2) is 0 Å². The summed E-state index contributed by atoms with van der Waals surface area (Å²) in [6, 6.07) is 7.27. The Kier molecular flexibility index (Phi) is 6.24. The molecule has 0 saturated carbocycles. The van der Waals surface area contributed by atoms with E-state index in [-0.39, 0.29) is 5.91 Å². The molecule has 0 saturated heterocycles. The average Bonchev–Trinajstić information content (AvgIpc) is 3.40. The van der Waals surface area contributed by atoms with Gasteiger partial charge < -0.3 is 18.3 Å². The molecule has 0 radical (unpaired) electrons. The van der Waals surface area contributed by atoms with Crippen LogP contribution in [-0.4, -0.2) is 27.5 Å². The fourth-order valence-electron chi connectivity index (χ4n) is 2.64. The van der Waals surface area contributed by atoms with Gasteiger partial charge in [0.05, 0.1) is 19.1 Å². The maximum absolute atomic E-state index is 12.6. The summed E-state index contributed by atoms with van der Waals surface area (Å²) >= 11 is 0. The maximum atomic E-state index is 12.6. The molecule has 0 unspecified atom stereocenters. The Morgan fingerprint density at radius 3 is 2.73 bits per heavy atom. The van der Waals surface area contributed by atoms with Crippen LogP contribution in [0.4, 0.5) is 0 Å². The van der Waals surface area contributed by atoms with Gasteiger partial charge in [-0.3, -0.25) is 4.79 Å². The lowest BCUT2D eigenvalue weighted by Gasteiger charge is -2.21. The maximum Gasteiger partial charge on any atom is 0.238 e. The van der Waals surface area contributed by atoms with Crippen LogP contribution < -0.4 is 0 Å². The van der Waals surface area contributed by atoms with E-state index < -0.39 is 0 Å². The summed E-state index contributed by atoms with van der Waals surface area (Å²) in [7, 11) is 0. The molecule has 0 aliphatic rings. The Labute approximate surface area is 152 Å². The minimum Gasteiger partial charge on any atom is -0.467 e. The molecule has 0 N–H and O–H groups in total. The molecule has 7 nitrogen and oxygen atoms in total. The number of aryl methyl sites for hydroxylation is 1. The number of carbonyl (C=O) groups excluding carboxylic acids is 1. The van der Waals surface area contributed by atoms with Gasteiger partial charge in [0.2, 0.25) is 17.6 Å². The van der Waals surface area contributed by atoms with Gasteiger partial charge >= 0.3 is 0 Å².